The van der Waals surface area contributed by atoms with Crippen LogP contribution in [0.5, 0.6) is 5.75 Å². The number of hydrogen-bond donors (Lipinski definition) is 5. The van der Waals surface area contributed by atoms with Gasteiger partial charge in [0.1, 0.15) is 30.1 Å². The Labute approximate surface area is 139 Å². The number of rotatable bonds is 4. The third kappa shape index (κ3) is 4.69. The molecule has 0 spiro atoms. The zero-order valence-electron chi connectivity index (χ0n) is 12.5. The van der Waals surface area contributed by atoms with Crippen LogP contribution < -0.4 is 15.8 Å². The fourth-order valence-corrected chi connectivity index (χ4v) is 2.25. The number of nitrogens with one attached hydrogen (secondary N) is 1. The zero-order valence-corrected chi connectivity index (χ0v) is 13.3. The largest absolute Gasteiger partial charge is 0.463 e. The fraction of sp³-hybridized carbons (Fsp3) is 0.500. The van der Waals surface area contributed by atoms with Gasteiger partial charge in [0.25, 0.3) is 0 Å². The summed E-state index contributed by atoms with van der Waals surface area (Å²) in [6.45, 7) is 0.782. The third-order valence-corrected chi connectivity index (χ3v) is 3.38. The van der Waals surface area contributed by atoms with Gasteiger partial charge in [-0.05, 0) is 24.3 Å². The number of halogens is 1. The van der Waals surface area contributed by atoms with E-state index in [2.05, 4.69) is 5.32 Å². The van der Waals surface area contributed by atoms with E-state index in [-0.39, 0.29) is 12.4 Å². The van der Waals surface area contributed by atoms with Crippen molar-refractivity contribution < 1.29 is 29.6 Å². The highest BCUT2D eigenvalue weighted by molar-refractivity contribution is 5.85. The first kappa shape index (κ1) is 19.5. The molecule has 0 unspecified atom stereocenters. The summed E-state index contributed by atoms with van der Waals surface area (Å²) in [5, 5.41) is 31.7. The van der Waals surface area contributed by atoms with Crippen LogP contribution in [0.3, 0.4) is 0 Å². The number of aliphatic hydroxyl groups excluding tert-OH is 3. The lowest BCUT2D eigenvalue weighted by Gasteiger charge is -2.42. The van der Waals surface area contributed by atoms with Gasteiger partial charge in [0.05, 0.1) is 6.61 Å². The van der Waals surface area contributed by atoms with Crippen molar-refractivity contribution in [3.05, 3.63) is 24.3 Å². The summed E-state index contributed by atoms with van der Waals surface area (Å²) in [6, 6.07) is 5.48. The van der Waals surface area contributed by atoms with Crippen LogP contribution in [-0.2, 0) is 9.53 Å². The second kappa shape index (κ2) is 8.32. The highest BCUT2D eigenvalue weighted by Gasteiger charge is 2.46. The summed E-state index contributed by atoms with van der Waals surface area (Å²) in [5.41, 5.74) is 6.14. The van der Waals surface area contributed by atoms with Crippen LogP contribution in [-0.4, -0.2) is 58.5 Å². The molecule has 0 bridgehead atoms. The van der Waals surface area contributed by atoms with Crippen molar-refractivity contribution in [3.63, 3.8) is 0 Å². The minimum atomic E-state index is -1.34. The molecule has 0 aliphatic carbocycles. The molecular formula is C14H21ClN2O6. The van der Waals surface area contributed by atoms with Crippen LogP contribution in [0.1, 0.15) is 6.92 Å². The van der Waals surface area contributed by atoms with Crippen LogP contribution in [0.4, 0.5) is 5.69 Å². The molecule has 6 N–H and O–H groups in total. The summed E-state index contributed by atoms with van der Waals surface area (Å²) in [4.78, 5) is 11.3. The van der Waals surface area contributed by atoms with Gasteiger partial charge in [0, 0.05) is 12.6 Å². The summed E-state index contributed by atoms with van der Waals surface area (Å²) < 4.78 is 11.0. The Morgan fingerprint density at radius 1 is 1.30 bits per heavy atom. The van der Waals surface area contributed by atoms with Gasteiger partial charge in [-0.15, -0.1) is 12.4 Å². The van der Waals surface area contributed by atoms with Gasteiger partial charge >= 0.3 is 0 Å². The van der Waals surface area contributed by atoms with Crippen LogP contribution >= 0.6 is 12.4 Å². The molecule has 0 aromatic heterocycles. The highest BCUT2D eigenvalue weighted by atomic mass is 35.5. The number of aliphatic hydroxyl groups is 3. The maximum Gasteiger partial charge on any atom is 0.223 e. The van der Waals surface area contributed by atoms with E-state index >= 15 is 0 Å². The number of nitrogen functional groups attached to an aromatic ring is 1. The monoisotopic (exact) mass is 348 g/mol. The SMILES string of the molecule is CC(=O)N[C@@H]1[C@@H](Oc2ccc(N)cc2)O[C@H](CO)[C@H](O)[C@@H]1O.Cl. The van der Waals surface area contributed by atoms with Crippen molar-refractivity contribution in [1.29, 1.82) is 0 Å². The Hall–Kier alpha value is -1.58. The Kier molecular flexibility index (Phi) is 7.04. The van der Waals surface area contributed by atoms with Gasteiger partial charge in [-0.2, -0.15) is 0 Å². The first-order chi connectivity index (χ1) is 10.4. The normalized spacial score (nSPS) is 30.2. The molecule has 9 heteroatoms. The molecule has 1 aliphatic rings. The molecule has 2 rings (SSSR count). The first-order valence-electron chi connectivity index (χ1n) is 6.84. The number of benzene rings is 1. The molecule has 130 valence electrons. The Balaban J connectivity index is 0.00000264. The summed E-state index contributed by atoms with van der Waals surface area (Å²) in [6.07, 6.45) is -4.76. The van der Waals surface area contributed by atoms with E-state index < -0.39 is 43.2 Å². The van der Waals surface area contributed by atoms with Gasteiger partial charge < -0.3 is 35.8 Å². The van der Waals surface area contributed by atoms with Gasteiger partial charge in [-0.3, -0.25) is 4.79 Å². The van der Waals surface area contributed by atoms with Crippen molar-refractivity contribution in [2.45, 2.75) is 37.6 Å². The van der Waals surface area contributed by atoms with Crippen molar-refractivity contribution in [2.24, 2.45) is 0 Å². The molecule has 1 saturated heterocycles. The summed E-state index contributed by atoms with van der Waals surface area (Å²) in [7, 11) is 0. The Bertz CT molecular complexity index is 514. The lowest BCUT2D eigenvalue weighted by atomic mass is 9.97. The molecule has 1 fully saturated rings. The van der Waals surface area contributed by atoms with Gasteiger partial charge in [0.2, 0.25) is 12.2 Å². The molecule has 1 aromatic rings. The molecule has 8 nitrogen and oxygen atoms in total. The third-order valence-electron chi connectivity index (χ3n) is 3.38. The lowest BCUT2D eigenvalue weighted by molar-refractivity contribution is -0.244. The summed E-state index contributed by atoms with van der Waals surface area (Å²) >= 11 is 0. The van der Waals surface area contributed by atoms with E-state index in [0.29, 0.717) is 11.4 Å². The molecule has 1 amide bonds. The average molecular weight is 349 g/mol. The Morgan fingerprint density at radius 3 is 2.43 bits per heavy atom. The van der Waals surface area contributed by atoms with Crippen molar-refractivity contribution >= 4 is 24.0 Å². The highest BCUT2D eigenvalue weighted by Crippen LogP contribution is 2.24. The average Bonchev–Trinajstić information content (AvgIpc) is 2.48. The van der Waals surface area contributed by atoms with E-state index in [1.807, 2.05) is 0 Å². The number of hydrogen-bond acceptors (Lipinski definition) is 7. The van der Waals surface area contributed by atoms with E-state index in [1.165, 1.54) is 6.92 Å². The number of carbonyl (C=O) groups excluding carboxylic acids is 1. The topological polar surface area (TPSA) is 134 Å². The van der Waals surface area contributed by atoms with Crippen LogP contribution in [0.2, 0.25) is 0 Å². The molecule has 5 atom stereocenters. The van der Waals surface area contributed by atoms with Crippen LogP contribution in [0, 0.1) is 0 Å². The minimum Gasteiger partial charge on any atom is -0.463 e. The predicted octanol–water partition coefficient (Wildman–Crippen LogP) is -0.987. The number of nitrogens with two attached hydrogens (primary N) is 1. The standard InChI is InChI=1S/C14H20N2O6.ClH/c1-7(18)16-11-13(20)12(19)10(6-17)22-14(11)21-9-4-2-8(15)3-5-9;/h2-5,10-14,17,19-20H,6,15H2,1H3,(H,16,18);1H/t10-,11+,12+,13-,14+;/m1./s1. The second-order valence-electron chi connectivity index (χ2n) is 5.12. The second-order valence-corrected chi connectivity index (χ2v) is 5.12. The van der Waals surface area contributed by atoms with Crippen molar-refractivity contribution in [1.82, 2.24) is 5.32 Å². The minimum absolute atomic E-state index is 0. The summed E-state index contributed by atoms with van der Waals surface area (Å²) in [5.74, 6) is 0.00281. The van der Waals surface area contributed by atoms with Gasteiger partial charge in [0.15, 0.2) is 0 Å². The van der Waals surface area contributed by atoms with Gasteiger partial charge in [-0.25, -0.2) is 0 Å². The molecule has 1 aromatic carbocycles. The molecule has 1 heterocycles. The van der Waals surface area contributed by atoms with Crippen molar-refractivity contribution in [3.8, 4) is 5.75 Å². The quantitative estimate of drug-likeness (QED) is 0.441. The Morgan fingerprint density at radius 2 is 1.91 bits per heavy atom. The van der Waals surface area contributed by atoms with E-state index in [0.717, 1.165) is 0 Å². The smallest absolute Gasteiger partial charge is 0.223 e. The molecule has 0 saturated carbocycles. The number of amides is 1. The molecule has 1 aliphatic heterocycles. The van der Waals surface area contributed by atoms with Crippen LogP contribution in [0.15, 0.2) is 24.3 Å². The predicted molar refractivity (Wildman–Crippen MR) is 84.1 cm³/mol. The van der Waals surface area contributed by atoms with E-state index in [4.69, 9.17) is 15.2 Å². The van der Waals surface area contributed by atoms with Gasteiger partial charge in [-0.1, -0.05) is 0 Å². The molecule has 23 heavy (non-hydrogen) atoms. The number of anilines is 1. The molecule has 0 radical (unpaired) electrons. The fourth-order valence-electron chi connectivity index (χ4n) is 2.25. The first-order valence-corrected chi connectivity index (χ1v) is 6.84. The molecular weight excluding hydrogens is 328 g/mol. The van der Waals surface area contributed by atoms with E-state index in [1.54, 1.807) is 24.3 Å². The van der Waals surface area contributed by atoms with Crippen molar-refractivity contribution in [2.75, 3.05) is 12.3 Å². The van der Waals surface area contributed by atoms with Crippen LogP contribution in [0.25, 0.3) is 0 Å². The lowest BCUT2D eigenvalue weighted by Crippen LogP contribution is -2.65. The number of ether oxygens (including phenoxy) is 2. The maximum absolute atomic E-state index is 11.3. The number of carbonyl (C=O) groups is 1. The zero-order chi connectivity index (χ0) is 16.3. The van der Waals surface area contributed by atoms with E-state index in [9.17, 15) is 20.1 Å². The maximum atomic E-state index is 11.3.